The van der Waals surface area contributed by atoms with Crippen LogP contribution in [0, 0.1) is 0 Å². The third-order valence-electron chi connectivity index (χ3n) is 2.54. The molecule has 19 heavy (non-hydrogen) atoms. The highest BCUT2D eigenvalue weighted by Gasteiger charge is 2.37. The average molecular weight is 341 g/mol. The van der Waals surface area contributed by atoms with Crippen LogP contribution in [-0.2, 0) is 11.0 Å². The van der Waals surface area contributed by atoms with Gasteiger partial charge in [0.05, 0.1) is 0 Å². The van der Waals surface area contributed by atoms with Gasteiger partial charge in [-0.3, -0.25) is 14.5 Å². The Labute approximate surface area is 113 Å². The standard InChI is InChI=1S/C9H8BrF3N4O2/c10-4-1-6(18)16(3-4)8-15-5(9(11,12)13)2-7(19)17(8)14/h2,4H,1,3,14H2. The minimum Gasteiger partial charge on any atom is -0.333 e. The second-order valence-corrected chi connectivity index (χ2v) is 5.25. The predicted octanol–water partition coefficient (Wildman–Crippen LogP) is 0.476. The highest BCUT2D eigenvalue weighted by Crippen LogP contribution is 2.29. The van der Waals surface area contributed by atoms with Gasteiger partial charge in [-0.05, 0) is 0 Å². The smallest absolute Gasteiger partial charge is 0.333 e. The van der Waals surface area contributed by atoms with Gasteiger partial charge in [-0.2, -0.15) is 17.8 Å². The van der Waals surface area contributed by atoms with Crippen LogP contribution in [0.3, 0.4) is 0 Å². The number of halogens is 4. The van der Waals surface area contributed by atoms with Crippen LogP contribution in [0.4, 0.5) is 19.1 Å². The Morgan fingerprint density at radius 3 is 2.53 bits per heavy atom. The molecule has 0 saturated carbocycles. The molecule has 1 aliphatic rings. The van der Waals surface area contributed by atoms with E-state index in [0.717, 1.165) is 4.90 Å². The van der Waals surface area contributed by atoms with Gasteiger partial charge in [-0.15, -0.1) is 0 Å². The number of alkyl halides is 4. The summed E-state index contributed by atoms with van der Waals surface area (Å²) in [6.45, 7) is 0.101. The van der Waals surface area contributed by atoms with Crippen molar-refractivity contribution in [2.24, 2.45) is 0 Å². The van der Waals surface area contributed by atoms with Crippen LogP contribution in [0.5, 0.6) is 0 Å². The first-order valence-corrected chi connectivity index (χ1v) is 6.02. The van der Waals surface area contributed by atoms with Gasteiger partial charge >= 0.3 is 6.18 Å². The monoisotopic (exact) mass is 340 g/mol. The fraction of sp³-hybridized carbons (Fsp3) is 0.444. The fourth-order valence-electron chi connectivity index (χ4n) is 1.67. The van der Waals surface area contributed by atoms with Gasteiger partial charge in [0.1, 0.15) is 0 Å². The van der Waals surface area contributed by atoms with E-state index in [1.54, 1.807) is 0 Å². The van der Waals surface area contributed by atoms with E-state index in [1.165, 1.54) is 0 Å². The van der Waals surface area contributed by atoms with Crippen molar-refractivity contribution < 1.29 is 18.0 Å². The summed E-state index contributed by atoms with van der Waals surface area (Å²) < 4.78 is 38.2. The van der Waals surface area contributed by atoms with Crippen molar-refractivity contribution in [3.05, 3.63) is 22.1 Å². The lowest BCUT2D eigenvalue weighted by atomic mass is 10.4. The Bertz CT molecular complexity index is 586. The summed E-state index contributed by atoms with van der Waals surface area (Å²) in [4.78, 5) is 27.0. The molecule has 1 aliphatic heterocycles. The lowest BCUT2D eigenvalue weighted by molar-refractivity contribution is -0.141. The summed E-state index contributed by atoms with van der Waals surface area (Å²) in [7, 11) is 0. The molecule has 10 heteroatoms. The predicted molar refractivity (Wildman–Crippen MR) is 63.3 cm³/mol. The molecule has 2 rings (SSSR count). The van der Waals surface area contributed by atoms with Gasteiger partial charge < -0.3 is 5.84 Å². The molecule has 0 aromatic carbocycles. The molecule has 0 radical (unpaired) electrons. The number of rotatable bonds is 1. The first-order valence-electron chi connectivity index (χ1n) is 5.11. The van der Waals surface area contributed by atoms with Gasteiger partial charge in [-0.1, -0.05) is 15.9 Å². The molecule has 1 atom stereocenters. The molecule has 1 amide bonds. The first-order chi connectivity index (χ1) is 8.70. The van der Waals surface area contributed by atoms with Crippen molar-refractivity contribution in [2.75, 3.05) is 17.3 Å². The van der Waals surface area contributed by atoms with Gasteiger partial charge in [0.25, 0.3) is 5.56 Å². The summed E-state index contributed by atoms with van der Waals surface area (Å²) >= 11 is 3.18. The number of nitrogens with zero attached hydrogens (tertiary/aromatic N) is 3. The van der Waals surface area contributed by atoms with Crippen molar-refractivity contribution in [3.8, 4) is 0 Å². The molecular weight excluding hydrogens is 333 g/mol. The quantitative estimate of drug-likeness (QED) is 0.595. The molecule has 2 N–H and O–H groups in total. The van der Waals surface area contributed by atoms with E-state index in [4.69, 9.17) is 5.84 Å². The maximum absolute atomic E-state index is 12.6. The van der Waals surface area contributed by atoms with E-state index in [1.807, 2.05) is 0 Å². The molecule has 1 aromatic heterocycles. The molecular formula is C9H8BrF3N4O2. The molecule has 1 aromatic rings. The number of hydrogen-bond donors (Lipinski definition) is 1. The number of carbonyl (C=O) groups is 1. The van der Waals surface area contributed by atoms with Crippen molar-refractivity contribution in [1.29, 1.82) is 0 Å². The van der Waals surface area contributed by atoms with Crippen LogP contribution in [-0.4, -0.2) is 26.9 Å². The van der Waals surface area contributed by atoms with E-state index < -0.39 is 29.3 Å². The van der Waals surface area contributed by atoms with Gasteiger partial charge in [0, 0.05) is 23.9 Å². The highest BCUT2D eigenvalue weighted by atomic mass is 79.9. The summed E-state index contributed by atoms with van der Waals surface area (Å²) in [6, 6.07) is 0.287. The Kier molecular flexibility index (Phi) is 3.29. The Balaban J connectivity index is 2.54. The number of carbonyl (C=O) groups excluding carboxylic acids is 1. The molecule has 1 unspecified atom stereocenters. The van der Waals surface area contributed by atoms with Crippen LogP contribution >= 0.6 is 15.9 Å². The lowest BCUT2D eigenvalue weighted by Crippen LogP contribution is -2.38. The molecule has 1 fully saturated rings. The summed E-state index contributed by atoms with van der Waals surface area (Å²) in [5, 5.41) is 0. The third kappa shape index (κ3) is 2.57. The topological polar surface area (TPSA) is 81.2 Å². The van der Waals surface area contributed by atoms with Gasteiger partial charge in [0.15, 0.2) is 5.69 Å². The van der Waals surface area contributed by atoms with E-state index in [2.05, 4.69) is 20.9 Å². The van der Waals surface area contributed by atoms with Crippen LogP contribution in [0.1, 0.15) is 12.1 Å². The zero-order chi connectivity index (χ0) is 14.4. The summed E-state index contributed by atoms with van der Waals surface area (Å²) in [6.07, 6.45) is -4.68. The van der Waals surface area contributed by atoms with E-state index in [-0.39, 0.29) is 23.9 Å². The molecule has 104 valence electrons. The zero-order valence-electron chi connectivity index (χ0n) is 9.32. The first kappa shape index (κ1) is 13.8. The maximum atomic E-state index is 12.6. The maximum Gasteiger partial charge on any atom is 0.433 e. The third-order valence-corrected chi connectivity index (χ3v) is 3.16. The number of amides is 1. The van der Waals surface area contributed by atoms with Crippen LogP contribution in [0.25, 0.3) is 0 Å². The SMILES string of the molecule is Nn1c(N2CC(Br)CC2=O)nc(C(F)(F)F)cc1=O. The van der Waals surface area contributed by atoms with Crippen molar-refractivity contribution in [2.45, 2.75) is 17.4 Å². The molecule has 0 spiro atoms. The molecule has 0 bridgehead atoms. The Morgan fingerprint density at radius 1 is 1.42 bits per heavy atom. The largest absolute Gasteiger partial charge is 0.433 e. The minimum absolute atomic E-state index is 0.101. The minimum atomic E-state index is -4.78. The van der Waals surface area contributed by atoms with Gasteiger partial charge in [0.2, 0.25) is 11.9 Å². The zero-order valence-corrected chi connectivity index (χ0v) is 10.9. The van der Waals surface area contributed by atoms with Crippen LogP contribution in [0.15, 0.2) is 10.9 Å². The average Bonchev–Trinajstić information content (AvgIpc) is 2.60. The number of aromatic nitrogens is 2. The molecule has 1 saturated heterocycles. The summed E-state index contributed by atoms with van der Waals surface area (Å²) in [5.41, 5.74) is -2.46. The van der Waals surface area contributed by atoms with E-state index in [0.29, 0.717) is 4.68 Å². The lowest BCUT2D eigenvalue weighted by Gasteiger charge is -2.18. The number of hydrogen-bond acceptors (Lipinski definition) is 4. The van der Waals surface area contributed by atoms with Crippen LogP contribution in [0.2, 0.25) is 0 Å². The number of nitrogen functional groups attached to an aromatic ring is 1. The highest BCUT2D eigenvalue weighted by molar-refractivity contribution is 9.09. The van der Waals surface area contributed by atoms with E-state index >= 15 is 0 Å². The number of anilines is 1. The second-order valence-electron chi connectivity index (χ2n) is 3.95. The van der Waals surface area contributed by atoms with E-state index in [9.17, 15) is 22.8 Å². The Morgan fingerprint density at radius 2 is 2.05 bits per heavy atom. The number of nitrogens with two attached hydrogens (primary N) is 1. The molecule has 2 heterocycles. The molecule has 0 aliphatic carbocycles. The summed E-state index contributed by atoms with van der Waals surface area (Å²) in [5.74, 6) is 4.39. The fourth-order valence-corrected chi connectivity index (χ4v) is 2.24. The van der Waals surface area contributed by atoms with Crippen molar-refractivity contribution >= 4 is 27.8 Å². The second kappa shape index (κ2) is 4.51. The van der Waals surface area contributed by atoms with Gasteiger partial charge in [-0.25, -0.2) is 4.98 Å². The van der Waals surface area contributed by atoms with Crippen LogP contribution < -0.4 is 16.3 Å². The Hall–Kier alpha value is -1.58. The molecule has 6 nitrogen and oxygen atoms in total. The normalized spacial score (nSPS) is 20.1. The van der Waals surface area contributed by atoms with Crippen molar-refractivity contribution in [3.63, 3.8) is 0 Å². The van der Waals surface area contributed by atoms with Crippen molar-refractivity contribution in [1.82, 2.24) is 9.66 Å².